The topological polar surface area (TPSA) is 87.4 Å². The lowest BCUT2D eigenvalue weighted by Gasteiger charge is -2.34. The number of nitrogen functional groups attached to an aromatic ring is 1. The molecule has 0 saturated heterocycles. The van der Waals surface area contributed by atoms with Crippen molar-refractivity contribution in [1.82, 2.24) is 29.8 Å². The molecule has 0 saturated carbocycles. The summed E-state index contributed by atoms with van der Waals surface area (Å²) >= 11 is 6.32. The summed E-state index contributed by atoms with van der Waals surface area (Å²) in [7, 11) is 0. The Kier molecular flexibility index (Phi) is 8.86. The molecule has 0 unspecified atom stereocenters. The van der Waals surface area contributed by atoms with Crippen LogP contribution in [0.3, 0.4) is 0 Å². The van der Waals surface area contributed by atoms with E-state index in [1.54, 1.807) is 4.80 Å². The van der Waals surface area contributed by atoms with Gasteiger partial charge < -0.3 is 10.3 Å². The van der Waals surface area contributed by atoms with E-state index in [2.05, 4.69) is 115 Å². The zero-order valence-electron chi connectivity index (χ0n) is 26.7. The average molecular weight is 650 g/mol. The normalized spacial score (nSPS) is 11.5. The molecule has 0 atom stereocenters. The predicted molar refractivity (Wildman–Crippen MR) is 193 cm³/mol. The summed E-state index contributed by atoms with van der Waals surface area (Å²) in [5.74, 6) is 1.97. The Morgan fingerprint density at radius 2 is 1.23 bits per heavy atom. The van der Waals surface area contributed by atoms with Gasteiger partial charge in [-0.1, -0.05) is 164 Å². The van der Waals surface area contributed by atoms with Crippen LogP contribution < -0.4 is 5.73 Å². The van der Waals surface area contributed by atoms with Gasteiger partial charge in [0.15, 0.2) is 10.7 Å². The van der Waals surface area contributed by atoms with Crippen molar-refractivity contribution in [1.29, 1.82) is 0 Å². The Balaban J connectivity index is 1.28. The van der Waals surface area contributed by atoms with Crippen LogP contribution in [0.25, 0.3) is 22.5 Å². The minimum absolute atomic E-state index is 0.364. The predicted octanol–water partition coefficient (Wildman–Crippen LogP) is 8.67. The van der Waals surface area contributed by atoms with Crippen molar-refractivity contribution in [2.24, 2.45) is 0 Å². The van der Waals surface area contributed by atoms with Gasteiger partial charge in [-0.3, -0.25) is 0 Å². The van der Waals surface area contributed by atoms with Crippen molar-refractivity contribution in [3.05, 3.63) is 173 Å². The Hall–Kier alpha value is -5.53. The van der Waals surface area contributed by atoms with Crippen LogP contribution in [-0.4, -0.2) is 29.8 Å². The molecule has 0 amide bonds. The first-order valence-electron chi connectivity index (χ1n) is 16.3. The second-order valence-corrected chi connectivity index (χ2v) is 12.2. The van der Waals surface area contributed by atoms with E-state index in [9.17, 15) is 0 Å². The van der Waals surface area contributed by atoms with E-state index in [-0.39, 0.29) is 0 Å². The molecule has 2 aromatic heterocycles. The first kappa shape index (κ1) is 31.1. The van der Waals surface area contributed by atoms with E-state index in [0.717, 1.165) is 64.0 Å². The van der Waals surface area contributed by atoms with Crippen molar-refractivity contribution in [2.75, 3.05) is 5.73 Å². The van der Waals surface area contributed by atoms with E-state index >= 15 is 0 Å². The number of tetrazole rings is 1. The highest BCUT2D eigenvalue weighted by atomic mass is 35.5. The van der Waals surface area contributed by atoms with E-state index in [0.29, 0.717) is 23.3 Å². The maximum Gasteiger partial charge on any atom is 0.205 e. The van der Waals surface area contributed by atoms with Crippen molar-refractivity contribution in [3.63, 3.8) is 0 Å². The van der Waals surface area contributed by atoms with Gasteiger partial charge in [0.25, 0.3) is 0 Å². The van der Waals surface area contributed by atoms with Gasteiger partial charge in [-0.15, -0.1) is 15.0 Å². The monoisotopic (exact) mass is 649 g/mol. The maximum absolute atomic E-state index is 6.32. The minimum atomic E-state index is -0.848. The van der Waals surface area contributed by atoms with Crippen molar-refractivity contribution >= 4 is 17.4 Å². The van der Waals surface area contributed by atoms with Crippen LogP contribution in [0.5, 0.6) is 0 Å². The number of hydrogen-bond donors (Lipinski definition) is 1. The molecule has 0 aliphatic carbocycles. The first-order chi connectivity index (χ1) is 23.6. The Morgan fingerprint density at radius 3 is 1.79 bits per heavy atom. The summed E-state index contributed by atoms with van der Waals surface area (Å²) in [4.78, 5) is 6.28. The summed E-state index contributed by atoms with van der Waals surface area (Å²) < 4.78 is 2.02. The third-order valence-electron chi connectivity index (χ3n) is 8.86. The lowest BCUT2D eigenvalue weighted by atomic mass is 9.77. The number of unbranched alkanes of at least 4 members (excludes halogenated alkanes) is 1. The highest BCUT2D eigenvalue weighted by Crippen LogP contribution is 2.40. The van der Waals surface area contributed by atoms with Gasteiger partial charge in [0, 0.05) is 12.0 Å². The number of halogens is 1. The lowest BCUT2D eigenvalue weighted by molar-refractivity contribution is 0.396. The van der Waals surface area contributed by atoms with Gasteiger partial charge in [-0.2, -0.15) is 0 Å². The van der Waals surface area contributed by atoms with Gasteiger partial charge in [0.1, 0.15) is 11.6 Å². The van der Waals surface area contributed by atoms with Gasteiger partial charge in [0.2, 0.25) is 5.82 Å². The summed E-state index contributed by atoms with van der Waals surface area (Å²) in [5, 5.41) is 15.0. The van der Waals surface area contributed by atoms with Gasteiger partial charge >= 0.3 is 0 Å². The fourth-order valence-electron chi connectivity index (χ4n) is 6.43. The molecule has 0 radical (unpaired) electrons. The van der Waals surface area contributed by atoms with Crippen LogP contribution >= 0.6 is 11.6 Å². The van der Waals surface area contributed by atoms with Crippen LogP contribution in [0.4, 0.5) is 5.82 Å². The van der Waals surface area contributed by atoms with Crippen molar-refractivity contribution < 1.29 is 0 Å². The Labute approximate surface area is 285 Å². The number of rotatable bonds is 11. The number of hydrogen-bond acceptors (Lipinski definition) is 5. The number of anilines is 1. The fraction of sp³-hybridized carbons (Fsp3) is 0.150. The molecule has 48 heavy (non-hydrogen) atoms. The zero-order valence-corrected chi connectivity index (χ0v) is 27.5. The standard InChI is InChI=1S/C40H36ClN7/c1-2-3-23-36-43-37(41)38(42)47(36)28-29-24-26-30(27-25-29)34-21-13-14-22-35(34)39-44-46-48(45-39)40(31-15-7-4-8-16-31,32-17-9-5-10-18-32)33-19-11-6-12-20-33/h4-22,24-27H,2-3,23,28,42H2,1H3. The number of benzene rings is 5. The number of imidazole rings is 1. The van der Waals surface area contributed by atoms with Crippen LogP contribution in [-0.2, 0) is 18.5 Å². The van der Waals surface area contributed by atoms with Crippen LogP contribution in [0.1, 0.15) is 47.8 Å². The quantitative estimate of drug-likeness (QED) is 0.142. The number of aromatic nitrogens is 6. The van der Waals surface area contributed by atoms with Crippen LogP contribution in [0.2, 0.25) is 5.15 Å². The second-order valence-electron chi connectivity index (χ2n) is 11.8. The summed E-state index contributed by atoms with van der Waals surface area (Å²) in [6.07, 6.45) is 2.95. The lowest BCUT2D eigenvalue weighted by Crippen LogP contribution is -2.39. The average Bonchev–Trinajstić information content (AvgIpc) is 3.74. The Morgan fingerprint density at radius 1 is 0.688 bits per heavy atom. The molecule has 7 aromatic rings. The molecular weight excluding hydrogens is 614 g/mol. The zero-order chi connectivity index (χ0) is 32.9. The molecule has 0 fully saturated rings. The molecule has 0 bridgehead atoms. The second kappa shape index (κ2) is 13.7. The first-order valence-corrected chi connectivity index (χ1v) is 16.6. The highest BCUT2D eigenvalue weighted by molar-refractivity contribution is 6.31. The summed E-state index contributed by atoms with van der Waals surface area (Å²) in [6, 6.07) is 47.8. The molecule has 0 spiro atoms. The molecule has 0 aliphatic heterocycles. The molecule has 5 aromatic carbocycles. The molecule has 2 N–H and O–H groups in total. The van der Waals surface area contributed by atoms with Crippen LogP contribution in [0, 0.1) is 0 Å². The molecule has 0 aliphatic rings. The third-order valence-corrected chi connectivity index (χ3v) is 9.13. The molecule has 238 valence electrons. The van der Waals surface area contributed by atoms with Crippen LogP contribution in [0.15, 0.2) is 140 Å². The molecule has 7 rings (SSSR count). The van der Waals surface area contributed by atoms with Crippen molar-refractivity contribution in [3.8, 4) is 22.5 Å². The third kappa shape index (κ3) is 5.78. The van der Waals surface area contributed by atoms with Gasteiger partial charge in [-0.25, -0.2) is 4.98 Å². The maximum atomic E-state index is 6.32. The largest absolute Gasteiger partial charge is 0.382 e. The number of aryl methyl sites for hydroxylation is 1. The highest BCUT2D eigenvalue weighted by Gasteiger charge is 2.41. The van der Waals surface area contributed by atoms with Crippen molar-refractivity contribution in [2.45, 2.75) is 38.3 Å². The number of nitrogens with two attached hydrogens (primary N) is 1. The summed E-state index contributed by atoms with van der Waals surface area (Å²) in [6.45, 7) is 2.76. The van der Waals surface area contributed by atoms with Gasteiger partial charge in [0.05, 0.1) is 6.54 Å². The van der Waals surface area contributed by atoms with E-state index in [4.69, 9.17) is 32.7 Å². The molecule has 2 heterocycles. The minimum Gasteiger partial charge on any atom is -0.382 e. The summed E-state index contributed by atoms with van der Waals surface area (Å²) in [5.41, 5.74) is 12.6. The van der Waals surface area contributed by atoms with E-state index in [1.807, 2.05) is 41.0 Å². The van der Waals surface area contributed by atoms with E-state index < -0.39 is 5.54 Å². The number of nitrogens with zero attached hydrogens (tertiary/aromatic N) is 6. The Bertz CT molecular complexity index is 2010. The smallest absolute Gasteiger partial charge is 0.205 e. The molecular formula is C40H36ClN7. The molecule has 7 nitrogen and oxygen atoms in total. The molecule has 8 heteroatoms. The van der Waals surface area contributed by atoms with Gasteiger partial charge in [-0.05, 0) is 45.0 Å². The fourth-order valence-corrected chi connectivity index (χ4v) is 6.63. The van der Waals surface area contributed by atoms with E-state index in [1.165, 1.54) is 0 Å². The SMILES string of the molecule is CCCCc1nc(Cl)c(N)n1Cc1ccc(-c2ccccc2-c2nnn(C(c3ccccc3)(c3ccccc3)c3ccccc3)n2)cc1.